The fraction of sp³-hybridized carbons (Fsp3) is 0.400. The van der Waals surface area contributed by atoms with Crippen LogP contribution in [0.3, 0.4) is 0 Å². The Morgan fingerprint density at radius 3 is 2.38 bits per heavy atom. The molecule has 0 aliphatic rings. The number of hydrogen-bond donors (Lipinski definition) is 1. The van der Waals surface area contributed by atoms with Crippen LogP contribution < -0.4 is 4.72 Å². The van der Waals surface area contributed by atoms with Gasteiger partial charge >= 0.3 is 0 Å². The average molecular weight is 307 g/mol. The maximum absolute atomic E-state index is 12.2. The molecular weight excluding hydrogens is 286 g/mol. The van der Waals surface area contributed by atoms with E-state index in [0.29, 0.717) is 11.6 Å². The van der Waals surface area contributed by atoms with Crippen LogP contribution in [-0.2, 0) is 23.1 Å². The lowest BCUT2D eigenvalue weighted by atomic mass is 10.0. The Balaban J connectivity index is 2.07. The van der Waals surface area contributed by atoms with Crippen LogP contribution in [0.25, 0.3) is 0 Å². The van der Waals surface area contributed by atoms with E-state index >= 15 is 0 Å². The first-order chi connectivity index (χ1) is 9.92. The van der Waals surface area contributed by atoms with Crippen LogP contribution >= 0.6 is 0 Å². The van der Waals surface area contributed by atoms with E-state index in [9.17, 15) is 8.42 Å². The van der Waals surface area contributed by atoms with Crippen molar-refractivity contribution in [1.82, 2.24) is 14.5 Å². The molecule has 1 aromatic heterocycles. The summed E-state index contributed by atoms with van der Waals surface area (Å²) in [7, 11) is -3.50. The summed E-state index contributed by atoms with van der Waals surface area (Å²) in [5.74, 6) is 0.382. The molecule has 21 heavy (non-hydrogen) atoms. The number of rotatable bonds is 6. The van der Waals surface area contributed by atoms with E-state index in [1.54, 1.807) is 16.8 Å². The second-order valence-electron chi connectivity index (χ2n) is 5.21. The van der Waals surface area contributed by atoms with Gasteiger partial charge in [0.05, 0.1) is 17.1 Å². The molecule has 0 unspecified atom stereocenters. The van der Waals surface area contributed by atoms with Crippen LogP contribution in [0.4, 0.5) is 0 Å². The van der Waals surface area contributed by atoms with E-state index in [1.165, 1.54) is 0 Å². The number of sulfonamides is 1. The first-order valence-electron chi connectivity index (χ1n) is 7.04. The van der Waals surface area contributed by atoms with Gasteiger partial charge in [0, 0.05) is 12.7 Å². The van der Waals surface area contributed by atoms with Crippen LogP contribution in [0.1, 0.15) is 37.9 Å². The molecule has 0 bridgehead atoms. The monoisotopic (exact) mass is 307 g/mol. The molecule has 0 aliphatic heterocycles. The molecule has 0 atom stereocenters. The smallest absolute Gasteiger partial charge is 0.240 e. The zero-order chi connectivity index (χ0) is 15.5. The van der Waals surface area contributed by atoms with Crippen molar-refractivity contribution in [2.75, 3.05) is 0 Å². The van der Waals surface area contributed by atoms with Crippen molar-refractivity contribution in [1.29, 1.82) is 0 Å². The van der Waals surface area contributed by atoms with Crippen molar-refractivity contribution in [3.05, 3.63) is 47.8 Å². The van der Waals surface area contributed by atoms with Gasteiger partial charge in [-0.1, -0.05) is 26.0 Å². The zero-order valence-corrected chi connectivity index (χ0v) is 13.4. The Labute approximate surface area is 126 Å². The highest BCUT2D eigenvalue weighted by Crippen LogP contribution is 2.17. The SMILES string of the molecule is CCn1ccc(CNS(=O)(=O)c2ccc(C(C)C)cc2)n1. The summed E-state index contributed by atoms with van der Waals surface area (Å²) in [5, 5.41) is 4.25. The van der Waals surface area contributed by atoms with Crippen molar-refractivity contribution in [2.45, 2.75) is 44.7 Å². The van der Waals surface area contributed by atoms with Gasteiger partial charge in [0.25, 0.3) is 0 Å². The summed E-state index contributed by atoms with van der Waals surface area (Å²) in [6.07, 6.45) is 1.83. The van der Waals surface area contributed by atoms with E-state index in [1.807, 2.05) is 31.3 Å². The average Bonchev–Trinajstić information content (AvgIpc) is 2.93. The quantitative estimate of drug-likeness (QED) is 0.892. The third-order valence-electron chi connectivity index (χ3n) is 3.32. The second-order valence-corrected chi connectivity index (χ2v) is 6.98. The first kappa shape index (κ1) is 15.7. The lowest BCUT2D eigenvalue weighted by molar-refractivity contribution is 0.578. The van der Waals surface area contributed by atoms with Gasteiger partial charge in [-0.05, 0) is 36.6 Å². The molecule has 5 nitrogen and oxygen atoms in total. The molecule has 2 aromatic rings. The number of benzene rings is 1. The van der Waals surface area contributed by atoms with Gasteiger partial charge in [0.15, 0.2) is 0 Å². The fourth-order valence-corrected chi connectivity index (χ4v) is 2.96. The normalized spacial score (nSPS) is 12.0. The van der Waals surface area contributed by atoms with Gasteiger partial charge in [0.1, 0.15) is 0 Å². The van der Waals surface area contributed by atoms with Crippen LogP contribution in [0.5, 0.6) is 0 Å². The van der Waals surface area contributed by atoms with Crippen molar-refractivity contribution < 1.29 is 8.42 Å². The zero-order valence-electron chi connectivity index (χ0n) is 12.6. The number of nitrogens with zero attached hydrogens (tertiary/aromatic N) is 2. The van der Waals surface area contributed by atoms with E-state index in [0.717, 1.165) is 12.1 Å². The highest BCUT2D eigenvalue weighted by Gasteiger charge is 2.14. The number of aryl methyl sites for hydroxylation is 1. The molecule has 2 rings (SSSR count). The first-order valence-corrected chi connectivity index (χ1v) is 8.52. The van der Waals surface area contributed by atoms with Gasteiger partial charge in [-0.25, -0.2) is 13.1 Å². The van der Waals surface area contributed by atoms with Gasteiger partial charge in [-0.2, -0.15) is 5.10 Å². The lowest BCUT2D eigenvalue weighted by Crippen LogP contribution is -2.23. The van der Waals surface area contributed by atoms with Crippen LogP contribution in [0.15, 0.2) is 41.4 Å². The van der Waals surface area contributed by atoms with E-state index in [4.69, 9.17) is 0 Å². The predicted octanol–water partition coefficient (Wildman–Crippen LogP) is 2.50. The summed E-state index contributed by atoms with van der Waals surface area (Å²) in [6, 6.07) is 8.80. The molecule has 0 radical (unpaired) electrons. The maximum atomic E-state index is 12.2. The van der Waals surface area contributed by atoms with Gasteiger partial charge in [0.2, 0.25) is 10.0 Å². The molecule has 0 amide bonds. The Hall–Kier alpha value is -1.66. The molecule has 0 fully saturated rings. The Kier molecular flexibility index (Phi) is 4.80. The topological polar surface area (TPSA) is 64.0 Å². The molecular formula is C15H21N3O2S. The molecule has 6 heteroatoms. The lowest BCUT2D eigenvalue weighted by Gasteiger charge is -2.08. The minimum Gasteiger partial charge on any atom is -0.273 e. The summed E-state index contributed by atoms with van der Waals surface area (Å²) in [6.45, 7) is 7.10. The van der Waals surface area contributed by atoms with Crippen molar-refractivity contribution in [3.63, 3.8) is 0 Å². The van der Waals surface area contributed by atoms with Crippen LogP contribution in [0, 0.1) is 0 Å². The Morgan fingerprint density at radius 2 is 1.86 bits per heavy atom. The predicted molar refractivity (Wildman–Crippen MR) is 82.5 cm³/mol. The fourth-order valence-electron chi connectivity index (χ4n) is 1.96. The van der Waals surface area contributed by atoms with Gasteiger partial charge in [-0.3, -0.25) is 4.68 Å². The minimum absolute atomic E-state index is 0.196. The number of hydrogen-bond acceptors (Lipinski definition) is 3. The van der Waals surface area contributed by atoms with Crippen molar-refractivity contribution in [3.8, 4) is 0 Å². The highest BCUT2D eigenvalue weighted by molar-refractivity contribution is 7.89. The Morgan fingerprint density at radius 1 is 1.19 bits per heavy atom. The third kappa shape index (κ3) is 3.92. The number of nitrogens with one attached hydrogen (secondary N) is 1. The summed E-state index contributed by atoms with van der Waals surface area (Å²) in [5.41, 5.74) is 1.83. The van der Waals surface area contributed by atoms with Crippen LogP contribution in [0.2, 0.25) is 0 Å². The van der Waals surface area contributed by atoms with Gasteiger partial charge < -0.3 is 0 Å². The summed E-state index contributed by atoms with van der Waals surface area (Å²) in [4.78, 5) is 0.279. The second kappa shape index (κ2) is 6.41. The Bertz CT molecular complexity index is 688. The molecule has 1 heterocycles. The molecule has 0 saturated carbocycles. The van der Waals surface area contributed by atoms with Crippen molar-refractivity contribution in [2.24, 2.45) is 0 Å². The number of aromatic nitrogens is 2. The molecule has 1 N–H and O–H groups in total. The molecule has 0 spiro atoms. The standard InChI is InChI=1S/C15H21N3O2S/c1-4-18-10-9-14(17-18)11-16-21(19,20)15-7-5-13(6-8-15)12(2)3/h5-10,12,16H,4,11H2,1-3H3. The largest absolute Gasteiger partial charge is 0.273 e. The molecule has 0 saturated heterocycles. The van der Waals surface area contributed by atoms with E-state index < -0.39 is 10.0 Å². The van der Waals surface area contributed by atoms with Gasteiger partial charge in [-0.15, -0.1) is 0 Å². The maximum Gasteiger partial charge on any atom is 0.240 e. The highest BCUT2D eigenvalue weighted by atomic mass is 32.2. The molecule has 114 valence electrons. The summed E-state index contributed by atoms with van der Waals surface area (Å²) >= 11 is 0. The molecule has 1 aromatic carbocycles. The van der Waals surface area contributed by atoms with E-state index in [-0.39, 0.29) is 11.4 Å². The molecule has 0 aliphatic carbocycles. The third-order valence-corrected chi connectivity index (χ3v) is 4.74. The van der Waals surface area contributed by atoms with E-state index in [2.05, 4.69) is 23.7 Å². The van der Waals surface area contributed by atoms with Crippen molar-refractivity contribution >= 4 is 10.0 Å². The summed E-state index contributed by atoms with van der Waals surface area (Å²) < 4.78 is 28.8. The minimum atomic E-state index is -3.50. The van der Waals surface area contributed by atoms with Crippen LogP contribution in [-0.4, -0.2) is 18.2 Å².